The van der Waals surface area contributed by atoms with Gasteiger partial charge in [-0.25, -0.2) is 4.79 Å². The summed E-state index contributed by atoms with van der Waals surface area (Å²) < 4.78 is 12.1. The summed E-state index contributed by atoms with van der Waals surface area (Å²) in [5.74, 6) is 0.445. The maximum atomic E-state index is 12.4. The van der Waals surface area contributed by atoms with Crippen molar-refractivity contribution < 1.29 is 14.3 Å². The SMILES string of the molecule is CC(C)(C)c1ccc(C(=O)OC2COc3ccc(Br)cc32)cc1. The zero-order chi connectivity index (χ0) is 16.6. The van der Waals surface area contributed by atoms with Crippen molar-refractivity contribution in [3.8, 4) is 5.75 Å². The Bertz CT molecular complexity index is 729. The summed E-state index contributed by atoms with van der Waals surface area (Å²) >= 11 is 3.43. The summed E-state index contributed by atoms with van der Waals surface area (Å²) in [6.07, 6.45) is -0.364. The smallest absolute Gasteiger partial charge is 0.338 e. The predicted molar refractivity (Wildman–Crippen MR) is 92.9 cm³/mol. The van der Waals surface area contributed by atoms with Crippen molar-refractivity contribution in [3.63, 3.8) is 0 Å². The van der Waals surface area contributed by atoms with Gasteiger partial charge in [-0.15, -0.1) is 0 Å². The first kappa shape index (κ1) is 16.1. The molecule has 0 radical (unpaired) electrons. The van der Waals surface area contributed by atoms with Crippen LogP contribution in [0, 0.1) is 0 Å². The van der Waals surface area contributed by atoms with E-state index in [-0.39, 0.29) is 17.5 Å². The van der Waals surface area contributed by atoms with Crippen LogP contribution in [-0.2, 0) is 10.2 Å². The first-order valence-corrected chi connectivity index (χ1v) is 8.38. The van der Waals surface area contributed by atoms with Gasteiger partial charge in [0.05, 0.1) is 5.56 Å². The third-order valence-electron chi connectivity index (χ3n) is 3.94. The van der Waals surface area contributed by atoms with Crippen molar-refractivity contribution >= 4 is 21.9 Å². The quantitative estimate of drug-likeness (QED) is 0.690. The minimum atomic E-state index is -0.364. The van der Waals surface area contributed by atoms with Gasteiger partial charge in [0.15, 0.2) is 6.10 Å². The van der Waals surface area contributed by atoms with Crippen molar-refractivity contribution in [1.29, 1.82) is 0 Å². The van der Waals surface area contributed by atoms with Crippen molar-refractivity contribution in [2.45, 2.75) is 32.3 Å². The third kappa shape index (κ3) is 3.42. The number of esters is 1. The van der Waals surface area contributed by atoms with E-state index in [1.54, 1.807) is 0 Å². The predicted octanol–water partition coefficient (Wildman–Crippen LogP) is 5.04. The fraction of sp³-hybridized carbons (Fsp3) is 0.316. The monoisotopic (exact) mass is 374 g/mol. The van der Waals surface area contributed by atoms with Crippen molar-refractivity contribution in [1.82, 2.24) is 0 Å². The normalized spacial score (nSPS) is 16.6. The van der Waals surface area contributed by atoms with Crippen LogP contribution in [0.3, 0.4) is 0 Å². The maximum Gasteiger partial charge on any atom is 0.338 e. The molecule has 23 heavy (non-hydrogen) atoms. The molecule has 1 heterocycles. The number of halogens is 1. The molecular weight excluding hydrogens is 356 g/mol. The van der Waals surface area contributed by atoms with E-state index in [0.717, 1.165) is 15.8 Å². The second-order valence-corrected chi connectivity index (χ2v) is 7.63. The largest absolute Gasteiger partial charge is 0.489 e. The van der Waals surface area contributed by atoms with E-state index in [4.69, 9.17) is 9.47 Å². The Kier molecular flexibility index (Phi) is 4.19. The lowest BCUT2D eigenvalue weighted by Gasteiger charge is -2.19. The summed E-state index contributed by atoms with van der Waals surface area (Å²) in [5.41, 5.74) is 2.71. The molecule has 0 aliphatic carbocycles. The van der Waals surface area contributed by atoms with Gasteiger partial charge < -0.3 is 9.47 Å². The highest BCUT2D eigenvalue weighted by atomic mass is 79.9. The van der Waals surface area contributed by atoms with Crippen molar-refractivity contribution in [2.75, 3.05) is 6.61 Å². The first-order valence-electron chi connectivity index (χ1n) is 7.58. The van der Waals surface area contributed by atoms with Crippen LogP contribution in [0.1, 0.15) is 48.4 Å². The number of benzene rings is 2. The van der Waals surface area contributed by atoms with E-state index < -0.39 is 0 Å². The summed E-state index contributed by atoms with van der Waals surface area (Å²) in [6, 6.07) is 13.3. The number of ether oxygens (including phenoxy) is 2. The van der Waals surface area contributed by atoms with Gasteiger partial charge in [-0.3, -0.25) is 0 Å². The standard InChI is InChI=1S/C19H19BrO3/c1-19(2,3)13-6-4-12(5-7-13)18(21)23-17-11-22-16-9-8-14(20)10-15(16)17/h4-10,17H,11H2,1-3H3. The lowest BCUT2D eigenvalue weighted by molar-refractivity contribution is 0.0248. The summed E-state index contributed by atoms with van der Waals surface area (Å²) in [6.45, 7) is 6.79. The van der Waals surface area contributed by atoms with Crippen molar-refractivity contribution in [3.05, 3.63) is 63.6 Å². The Morgan fingerprint density at radius 1 is 1.17 bits per heavy atom. The van der Waals surface area contributed by atoms with Crippen LogP contribution in [0.5, 0.6) is 5.75 Å². The van der Waals surface area contributed by atoms with Gasteiger partial charge in [-0.05, 0) is 41.3 Å². The van der Waals surface area contributed by atoms with Gasteiger partial charge in [0.1, 0.15) is 12.4 Å². The molecule has 0 aromatic heterocycles. The minimum Gasteiger partial charge on any atom is -0.489 e. The second-order valence-electron chi connectivity index (χ2n) is 6.71. The number of hydrogen-bond donors (Lipinski definition) is 0. The Morgan fingerprint density at radius 3 is 2.52 bits per heavy atom. The highest BCUT2D eigenvalue weighted by Gasteiger charge is 2.28. The van der Waals surface area contributed by atoms with E-state index in [1.165, 1.54) is 5.56 Å². The third-order valence-corrected chi connectivity index (χ3v) is 4.44. The number of carbonyl (C=O) groups is 1. The number of hydrogen-bond acceptors (Lipinski definition) is 3. The van der Waals surface area contributed by atoms with Gasteiger partial charge >= 0.3 is 5.97 Å². The molecule has 4 heteroatoms. The molecule has 1 aliphatic heterocycles. The van der Waals surface area contributed by atoms with E-state index in [1.807, 2.05) is 42.5 Å². The lowest BCUT2D eigenvalue weighted by Crippen LogP contribution is -2.14. The van der Waals surface area contributed by atoms with Crippen LogP contribution < -0.4 is 4.74 Å². The van der Waals surface area contributed by atoms with Gasteiger partial charge in [0, 0.05) is 10.0 Å². The number of fused-ring (bicyclic) bond motifs is 1. The molecule has 120 valence electrons. The zero-order valence-corrected chi connectivity index (χ0v) is 15.0. The van der Waals surface area contributed by atoms with Gasteiger partial charge in [-0.2, -0.15) is 0 Å². The molecule has 3 nitrogen and oxygen atoms in total. The lowest BCUT2D eigenvalue weighted by atomic mass is 9.87. The number of rotatable bonds is 2. The van der Waals surface area contributed by atoms with Crippen LogP contribution in [0.2, 0.25) is 0 Å². The van der Waals surface area contributed by atoms with Crippen LogP contribution in [-0.4, -0.2) is 12.6 Å². The van der Waals surface area contributed by atoms with Gasteiger partial charge in [0.25, 0.3) is 0 Å². The molecule has 0 amide bonds. The fourth-order valence-electron chi connectivity index (χ4n) is 2.56. The summed E-state index contributed by atoms with van der Waals surface area (Å²) in [5, 5.41) is 0. The highest BCUT2D eigenvalue weighted by Crippen LogP contribution is 2.37. The maximum absolute atomic E-state index is 12.4. The molecule has 3 rings (SSSR count). The average molecular weight is 375 g/mol. The van der Waals surface area contributed by atoms with E-state index in [9.17, 15) is 4.79 Å². The van der Waals surface area contributed by atoms with Crippen LogP contribution in [0.25, 0.3) is 0 Å². The Balaban J connectivity index is 1.75. The fourth-order valence-corrected chi connectivity index (χ4v) is 2.94. The molecule has 0 saturated carbocycles. The minimum absolute atomic E-state index is 0.0624. The van der Waals surface area contributed by atoms with Gasteiger partial charge in [-0.1, -0.05) is 48.8 Å². The Labute approximate surface area is 144 Å². The molecule has 1 atom stereocenters. The molecule has 0 spiro atoms. The number of carbonyl (C=O) groups excluding carboxylic acids is 1. The van der Waals surface area contributed by atoms with Crippen LogP contribution in [0.4, 0.5) is 0 Å². The van der Waals surface area contributed by atoms with E-state index >= 15 is 0 Å². The average Bonchev–Trinajstić information content (AvgIpc) is 2.89. The molecule has 0 saturated heterocycles. The zero-order valence-electron chi connectivity index (χ0n) is 13.4. The molecule has 1 aliphatic rings. The molecule has 0 fully saturated rings. The van der Waals surface area contributed by atoms with Crippen LogP contribution >= 0.6 is 15.9 Å². The van der Waals surface area contributed by atoms with Gasteiger partial charge in [0.2, 0.25) is 0 Å². The second kappa shape index (κ2) is 6.00. The first-order chi connectivity index (χ1) is 10.8. The topological polar surface area (TPSA) is 35.5 Å². The Hall–Kier alpha value is -1.81. The van der Waals surface area contributed by atoms with E-state index in [2.05, 4.69) is 36.7 Å². The van der Waals surface area contributed by atoms with Crippen molar-refractivity contribution in [2.24, 2.45) is 0 Å². The summed E-state index contributed by atoms with van der Waals surface area (Å²) in [7, 11) is 0. The molecular formula is C19H19BrO3. The van der Waals surface area contributed by atoms with E-state index in [0.29, 0.717) is 12.2 Å². The Morgan fingerprint density at radius 2 is 1.87 bits per heavy atom. The summed E-state index contributed by atoms with van der Waals surface area (Å²) in [4.78, 5) is 12.4. The molecule has 2 aromatic rings. The molecule has 1 unspecified atom stereocenters. The highest BCUT2D eigenvalue weighted by molar-refractivity contribution is 9.10. The molecule has 2 aromatic carbocycles. The molecule has 0 N–H and O–H groups in total. The molecule has 0 bridgehead atoms. The van der Waals surface area contributed by atoms with Crippen LogP contribution in [0.15, 0.2) is 46.9 Å².